The van der Waals surface area contributed by atoms with Gasteiger partial charge in [0.1, 0.15) is 11.3 Å². The SMILES string of the molecule is CCCCCCC(C)n1c(=S)[nH]c2c(OC)cccc21. The molecule has 1 aromatic heterocycles. The third-order valence-corrected chi connectivity index (χ3v) is 4.15. The molecule has 0 fully saturated rings. The Morgan fingerprint density at radius 2 is 2.10 bits per heavy atom. The van der Waals surface area contributed by atoms with E-state index in [1.807, 2.05) is 12.1 Å². The second-order valence-electron chi connectivity index (χ2n) is 5.35. The molecule has 0 aliphatic rings. The Balaban J connectivity index is 2.25. The van der Waals surface area contributed by atoms with Crippen molar-refractivity contribution in [2.45, 2.75) is 52.0 Å². The second-order valence-corrected chi connectivity index (χ2v) is 5.74. The highest BCUT2D eigenvalue weighted by atomic mass is 32.1. The minimum absolute atomic E-state index is 0.417. The van der Waals surface area contributed by atoms with Gasteiger partial charge in [-0.1, -0.05) is 38.7 Å². The minimum Gasteiger partial charge on any atom is -0.494 e. The first-order valence-corrected chi connectivity index (χ1v) is 7.87. The van der Waals surface area contributed by atoms with E-state index in [0.29, 0.717) is 6.04 Å². The van der Waals surface area contributed by atoms with Crippen LogP contribution in [-0.4, -0.2) is 16.7 Å². The van der Waals surface area contributed by atoms with Gasteiger partial charge in [0.2, 0.25) is 0 Å². The summed E-state index contributed by atoms with van der Waals surface area (Å²) in [5.41, 5.74) is 2.14. The number of hydrogen-bond acceptors (Lipinski definition) is 2. The zero-order valence-electron chi connectivity index (χ0n) is 12.6. The summed E-state index contributed by atoms with van der Waals surface area (Å²) in [6.45, 7) is 4.49. The van der Waals surface area contributed by atoms with Crippen LogP contribution in [-0.2, 0) is 0 Å². The summed E-state index contributed by atoms with van der Waals surface area (Å²) < 4.78 is 8.40. The number of unbranched alkanes of at least 4 members (excludes halogenated alkanes) is 3. The number of imidazole rings is 1. The van der Waals surface area contributed by atoms with Crippen molar-refractivity contribution in [1.82, 2.24) is 9.55 Å². The molecule has 2 aromatic rings. The number of aromatic amines is 1. The van der Waals surface area contributed by atoms with E-state index in [-0.39, 0.29) is 0 Å². The number of hydrogen-bond donors (Lipinski definition) is 1. The molecule has 1 heterocycles. The van der Waals surface area contributed by atoms with Crippen LogP contribution in [0.25, 0.3) is 11.0 Å². The Morgan fingerprint density at radius 1 is 1.30 bits per heavy atom. The molecule has 4 heteroatoms. The Bertz CT molecular complexity index is 614. The molecular formula is C16H24N2OS. The number of aromatic nitrogens is 2. The molecule has 0 aliphatic carbocycles. The zero-order chi connectivity index (χ0) is 14.5. The van der Waals surface area contributed by atoms with E-state index in [9.17, 15) is 0 Å². The maximum Gasteiger partial charge on any atom is 0.178 e. The highest BCUT2D eigenvalue weighted by molar-refractivity contribution is 7.71. The van der Waals surface area contributed by atoms with Gasteiger partial charge in [-0.05, 0) is 37.7 Å². The molecule has 2 rings (SSSR count). The Kier molecular flexibility index (Phi) is 5.24. The van der Waals surface area contributed by atoms with Gasteiger partial charge in [-0.25, -0.2) is 0 Å². The zero-order valence-corrected chi connectivity index (χ0v) is 13.4. The summed E-state index contributed by atoms with van der Waals surface area (Å²) >= 11 is 5.49. The van der Waals surface area contributed by atoms with Gasteiger partial charge in [-0.15, -0.1) is 0 Å². The monoisotopic (exact) mass is 292 g/mol. The smallest absolute Gasteiger partial charge is 0.178 e. The van der Waals surface area contributed by atoms with Gasteiger partial charge in [0.15, 0.2) is 4.77 Å². The first kappa shape index (κ1) is 15.1. The molecular weight excluding hydrogens is 268 g/mol. The average Bonchev–Trinajstić information content (AvgIpc) is 2.79. The lowest BCUT2D eigenvalue weighted by Crippen LogP contribution is -2.05. The third-order valence-electron chi connectivity index (χ3n) is 3.85. The van der Waals surface area contributed by atoms with Crippen molar-refractivity contribution >= 4 is 23.3 Å². The lowest BCUT2D eigenvalue weighted by molar-refractivity contribution is 0.419. The van der Waals surface area contributed by atoms with Crippen LogP contribution in [0.4, 0.5) is 0 Å². The van der Waals surface area contributed by atoms with Crippen LogP contribution >= 0.6 is 12.2 Å². The first-order valence-electron chi connectivity index (χ1n) is 7.46. The van der Waals surface area contributed by atoms with E-state index in [0.717, 1.165) is 21.6 Å². The largest absolute Gasteiger partial charge is 0.494 e. The molecule has 0 spiro atoms. The van der Waals surface area contributed by atoms with E-state index in [1.165, 1.54) is 32.1 Å². The Labute approximate surface area is 126 Å². The summed E-state index contributed by atoms with van der Waals surface area (Å²) in [5, 5.41) is 0. The Morgan fingerprint density at radius 3 is 2.80 bits per heavy atom. The van der Waals surface area contributed by atoms with E-state index in [4.69, 9.17) is 17.0 Å². The van der Waals surface area contributed by atoms with Crippen molar-refractivity contribution < 1.29 is 4.74 Å². The molecule has 1 atom stereocenters. The summed E-state index contributed by atoms with van der Waals surface area (Å²) in [4.78, 5) is 3.28. The standard InChI is InChI=1S/C16H24N2OS/c1-4-5-6-7-9-12(2)18-13-10-8-11-14(19-3)15(13)17-16(18)20/h8,10-12H,4-7,9H2,1-3H3,(H,17,20). The molecule has 0 saturated heterocycles. The summed E-state index contributed by atoms with van der Waals surface area (Å²) in [6.07, 6.45) is 6.32. The van der Waals surface area contributed by atoms with Crippen LogP contribution < -0.4 is 4.74 Å². The van der Waals surface area contributed by atoms with Crippen LogP contribution in [0.5, 0.6) is 5.75 Å². The molecule has 1 aromatic carbocycles. The number of nitrogens with one attached hydrogen (secondary N) is 1. The predicted molar refractivity (Wildman–Crippen MR) is 87.1 cm³/mol. The number of benzene rings is 1. The molecule has 1 N–H and O–H groups in total. The van der Waals surface area contributed by atoms with Crippen LogP contribution in [0.2, 0.25) is 0 Å². The Hall–Kier alpha value is -1.29. The number of methoxy groups -OCH3 is 1. The lowest BCUT2D eigenvalue weighted by atomic mass is 10.1. The molecule has 0 radical (unpaired) electrons. The highest BCUT2D eigenvalue weighted by Crippen LogP contribution is 2.28. The molecule has 0 aliphatic heterocycles. The van der Waals surface area contributed by atoms with Crippen molar-refractivity contribution in [3.05, 3.63) is 23.0 Å². The normalized spacial score (nSPS) is 12.8. The van der Waals surface area contributed by atoms with Gasteiger partial charge < -0.3 is 14.3 Å². The predicted octanol–water partition coefficient (Wildman–Crippen LogP) is 5.24. The van der Waals surface area contributed by atoms with Gasteiger partial charge in [0.05, 0.1) is 12.6 Å². The minimum atomic E-state index is 0.417. The average molecular weight is 292 g/mol. The van der Waals surface area contributed by atoms with Gasteiger partial charge >= 0.3 is 0 Å². The number of H-pyrrole nitrogens is 1. The van der Waals surface area contributed by atoms with E-state index < -0.39 is 0 Å². The first-order chi connectivity index (χ1) is 9.69. The van der Waals surface area contributed by atoms with Crippen LogP contribution in [0, 0.1) is 4.77 Å². The number of fused-ring (bicyclic) bond motifs is 1. The fourth-order valence-electron chi connectivity index (χ4n) is 2.73. The summed E-state index contributed by atoms with van der Waals surface area (Å²) in [7, 11) is 1.69. The van der Waals surface area contributed by atoms with Crippen LogP contribution in [0.3, 0.4) is 0 Å². The lowest BCUT2D eigenvalue weighted by Gasteiger charge is -2.14. The number of rotatable bonds is 7. The topological polar surface area (TPSA) is 29.9 Å². The fourth-order valence-corrected chi connectivity index (χ4v) is 3.11. The van der Waals surface area contributed by atoms with Crippen molar-refractivity contribution in [2.24, 2.45) is 0 Å². The molecule has 3 nitrogen and oxygen atoms in total. The van der Waals surface area contributed by atoms with E-state index in [1.54, 1.807) is 7.11 Å². The van der Waals surface area contributed by atoms with Crippen molar-refractivity contribution in [1.29, 1.82) is 0 Å². The summed E-state index contributed by atoms with van der Waals surface area (Å²) in [6, 6.07) is 6.50. The van der Waals surface area contributed by atoms with Crippen molar-refractivity contribution in [3.63, 3.8) is 0 Å². The van der Waals surface area contributed by atoms with Gasteiger partial charge in [-0.2, -0.15) is 0 Å². The molecule has 1 unspecified atom stereocenters. The fraction of sp³-hybridized carbons (Fsp3) is 0.562. The highest BCUT2D eigenvalue weighted by Gasteiger charge is 2.13. The van der Waals surface area contributed by atoms with E-state index >= 15 is 0 Å². The van der Waals surface area contributed by atoms with Gasteiger partial charge in [-0.3, -0.25) is 0 Å². The van der Waals surface area contributed by atoms with Gasteiger partial charge in [0, 0.05) is 6.04 Å². The van der Waals surface area contributed by atoms with Gasteiger partial charge in [0.25, 0.3) is 0 Å². The van der Waals surface area contributed by atoms with E-state index in [2.05, 4.69) is 29.5 Å². The van der Waals surface area contributed by atoms with Crippen molar-refractivity contribution in [2.75, 3.05) is 7.11 Å². The number of para-hydroxylation sites is 1. The third kappa shape index (κ3) is 3.06. The molecule has 0 saturated carbocycles. The number of nitrogens with zero attached hydrogens (tertiary/aromatic N) is 1. The molecule has 0 bridgehead atoms. The van der Waals surface area contributed by atoms with Crippen molar-refractivity contribution in [3.8, 4) is 5.75 Å². The molecule has 20 heavy (non-hydrogen) atoms. The second kappa shape index (κ2) is 6.93. The van der Waals surface area contributed by atoms with Crippen LogP contribution in [0.1, 0.15) is 52.0 Å². The number of ether oxygens (including phenoxy) is 1. The summed E-state index contributed by atoms with van der Waals surface area (Å²) in [5.74, 6) is 0.852. The molecule has 110 valence electrons. The van der Waals surface area contributed by atoms with Crippen LogP contribution in [0.15, 0.2) is 18.2 Å². The maximum atomic E-state index is 5.49. The quantitative estimate of drug-likeness (QED) is 0.558. The molecule has 0 amide bonds. The maximum absolute atomic E-state index is 5.49.